The highest BCUT2D eigenvalue weighted by Crippen LogP contribution is 2.22. The molecular formula is C11H13IO2. The fourth-order valence-corrected chi connectivity index (χ4v) is 1.75. The summed E-state index contributed by atoms with van der Waals surface area (Å²) in [6.45, 7) is 2.00. The number of Topliss-reactive ketones (excluding diaryl/α,β-unsaturated/α-hetero) is 1. The van der Waals surface area contributed by atoms with Crippen molar-refractivity contribution in [3.63, 3.8) is 0 Å². The van der Waals surface area contributed by atoms with E-state index >= 15 is 0 Å². The lowest BCUT2D eigenvalue weighted by molar-refractivity contribution is 0.0978. The molecule has 0 heterocycles. The van der Waals surface area contributed by atoms with E-state index in [9.17, 15) is 4.79 Å². The second kappa shape index (κ2) is 5.34. The van der Waals surface area contributed by atoms with Crippen LogP contribution in [0.5, 0.6) is 5.75 Å². The van der Waals surface area contributed by atoms with Gasteiger partial charge in [-0.25, -0.2) is 0 Å². The predicted molar refractivity (Wildman–Crippen MR) is 64.9 cm³/mol. The number of halogens is 1. The first kappa shape index (κ1) is 11.5. The van der Waals surface area contributed by atoms with Gasteiger partial charge in [-0.1, -0.05) is 6.92 Å². The molecule has 0 bridgehead atoms. The number of carbonyl (C=O) groups is 1. The Morgan fingerprint density at radius 3 is 2.79 bits per heavy atom. The zero-order valence-electron chi connectivity index (χ0n) is 8.34. The van der Waals surface area contributed by atoms with Crippen molar-refractivity contribution in [3.8, 4) is 5.75 Å². The largest absolute Gasteiger partial charge is 0.496 e. The lowest BCUT2D eigenvalue weighted by Gasteiger charge is -2.07. The highest BCUT2D eigenvalue weighted by molar-refractivity contribution is 14.1. The number of hydrogen-bond acceptors (Lipinski definition) is 2. The fraction of sp³-hybridized carbons (Fsp3) is 0.364. The molecule has 0 aliphatic carbocycles. The van der Waals surface area contributed by atoms with Crippen LogP contribution in [-0.4, -0.2) is 12.9 Å². The summed E-state index contributed by atoms with van der Waals surface area (Å²) in [4.78, 5) is 11.7. The van der Waals surface area contributed by atoms with Gasteiger partial charge >= 0.3 is 0 Å². The maximum atomic E-state index is 11.7. The van der Waals surface area contributed by atoms with E-state index in [1.165, 1.54) is 0 Å². The van der Waals surface area contributed by atoms with Crippen LogP contribution >= 0.6 is 22.6 Å². The Balaban J connectivity index is 3.03. The molecule has 0 aliphatic heterocycles. The monoisotopic (exact) mass is 304 g/mol. The van der Waals surface area contributed by atoms with E-state index in [4.69, 9.17) is 4.74 Å². The summed E-state index contributed by atoms with van der Waals surface area (Å²) >= 11 is 2.19. The summed E-state index contributed by atoms with van der Waals surface area (Å²) < 4.78 is 6.20. The van der Waals surface area contributed by atoms with Gasteiger partial charge in [0.1, 0.15) is 5.75 Å². The molecule has 0 N–H and O–H groups in total. The quantitative estimate of drug-likeness (QED) is 0.630. The number of rotatable bonds is 4. The van der Waals surface area contributed by atoms with Crippen molar-refractivity contribution in [2.24, 2.45) is 0 Å². The molecule has 14 heavy (non-hydrogen) atoms. The van der Waals surface area contributed by atoms with Gasteiger partial charge < -0.3 is 4.74 Å². The van der Waals surface area contributed by atoms with Gasteiger partial charge in [0.25, 0.3) is 0 Å². The molecule has 1 rings (SSSR count). The molecule has 0 saturated carbocycles. The first-order valence-electron chi connectivity index (χ1n) is 4.55. The summed E-state index contributed by atoms with van der Waals surface area (Å²) in [6.07, 6.45) is 1.45. The van der Waals surface area contributed by atoms with E-state index in [0.29, 0.717) is 17.7 Å². The minimum absolute atomic E-state index is 0.155. The van der Waals surface area contributed by atoms with Crippen molar-refractivity contribution in [1.82, 2.24) is 0 Å². The highest BCUT2D eigenvalue weighted by Gasteiger charge is 2.11. The van der Waals surface area contributed by atoms with Crippen molar-refractivity contribution in [2.45, 2.75) is 19.8 Å². The van der Waals surface area contributed by atoms with Crippen molar-refractivity contribution in [3.05, 3.63) is 27.3 Å². The van der Waals surface area contributed by atoms with Crippen molar-refractivity contribution < 1.29 is 9.53 Å². The van der Waals surface area contributed by atoms with Crippen LogP contribution in [0.25, 0.3) is 0 Å². The summed E-state index contributed by atoms with van der Waals surface area (Å²) in [5.74, 6) is 0.826. The third kappa shape index (κ3) is 2.70. The predicted octanol–water partition coefficient (Wildman–Crippen LogP) is 3.28. The molecule has 0 fully saturated rings. The molecular weight excluding hydrogens is 291 g/mol. The van der Waals surface area contributed by atoms with E-state index < -0.39 is 0 Å². The Hall–Kier alpha value is -0.580. The smallest absolute Gasteiger partial charge is 0.166 e. The van der Waals surface area contributed by atoms with Crippen LogP contribution in [0.1, 0.15) is 30.1 Å². The number of benzene rings is 1. The van der Waals surface area contributed by atoms with Crippen LogP contribution in [0.3, 0.4) is 0 Å². The van der Waals surface area contributed by atoms with Gasteiger partial charge in [-0.15, -0.1) is 0 Å². The SMILES string of the molecule is CCCC(=O)c1cc(I)ccc1OC. The molecule has 0 saturated heterocycles. The maximum Gasteiger partial charge on any atom is 0.166 e. The number of carbonyl (C=O) groups excluding carboxylic acids is 1. The third-order valence-electron chi connectivity index (χ3n) is 1.94. The van der Waals surface area contributed by atoms with E-state index in [1.54, 1.807) is 7.11 Å². The van der Waals surface area contributed by atoms with Crippen molar-refractivity contribution >= 4 is 28.4 Å². The van der Waals surface area contributed by atoms with E-state index in [-0.39, 0.29) is 5.78 Å². The van der Waals surface area contributed by atoms with E-state index in [1.807, 2.05) is 25.1 Å². The average Bonchev–Trinajstić information content (AvgIpc) is 2.18. The fourth-order valence-electron chi connectivity index (χ4n) is 1.26. The first-order valence-corrected chi connectivity index (χ1v) is 5.63. The van der Waals surface area contributed by atoms with Crippen LogP contribution in [0.2, 0.25) is 0 Å². The summed E-state index contributed by atoms with van der Waals surface area (Å²) in [5, 5.41) is 0. The average molecular weight is 304 g/mol. The Bertz CT molecular complexity index is 334. The molecule has 0 atom stereocenters. The Kier molecular flexibility index (Phi) is 4.38. The van der Waals surface area contributed by atoms with Crippen molar-refractivity contribution in [1.29, 1.82) is 0 Å². The second-order valence-electron chi connectivity index (χ2n) is 3.02. The van der Waals surface area contributed by atoms with Crippen LogP contribution in [0.15, 0.2) is 18.2 Å². The van der Waals surface area contributed by atoms with E-state index in [2.05, 4.69) is 22.6 Å². The first-order chi connectivity index (χ1) is 6.69. The van der Waals surface area contributed by atoms with Gasteiger partial charge in [0.2, 0.25) is 0 Å². The Labute approximate surface area is 97.8 Å². The molecule has 1 aromatic rings. The molecule has 0 unspecified atom stereocenters. The topological polar surface area (TPSA) is 26.3 Å². The molecule has 0 radical (unpaired) electrons. The molecule has 0 aromatic heterocycles. The van der Waals surface area contributed by atoms with Crippen LogP contribution < -0.4 is 4.74 Å². The van der Waals surface area contributed by atoms with Crippen LogP contribution in [-0.2, 0) is 0 Å². The number of methoxy groups -OCH3 is 1. The van der Waals surface area contributed by atoms with Gasteiger partial charge in [0, 0.05) is 9.99 Å². The molecule has 2 nitrogen and oxygen atoms in total. The highest BCUT2D eigenvalue weighted by atomic mass is 127. The molecule has 1 aromatic carbocycles. The van der Waals surface area contributed by atoms with Crippen LogP contribution in [0, 0.1) is 3.57 Å². The molecule has 0 amide bonds. The molecule has 3 heteroatoms. The van der Waals surface area contributed by atoms with E-state index in [0.717, 1.165) is 9.99 Å². The molecule has 76 valence electrons. The van der Waals surface area contributed by atoms with Gasteiger partial charge in [0.05, 0.1) is 12.7 Å². The van der Waals surface area contributed by atoms with Crippen molar-refractivity contribution in [2.75, 3.05) is 7.11 Å². The minimum atomic E-state index is 0.155. The standard InChI is InChI=1S/C11H13IO2/c1-3-4-10(13)9-7-8(12)5-6-11(9)14-2/h5-7H,3-4H2,1-2H3. The number of hydrogen-bond donors (Lipinski definition) is 0. The molecule has 0 aliphatic rings. The number of ketones is 1. The zero-order chi connectivity index (χ0) is 10.6. The zero-order valence-corrected chi connectivity index (χ0v) is 10.5. The summed E-state index contributed by atoms with van der Waals surface area (Å²) in [5.41, 5.74) is 0.696. The van der Waals surface area contributed by atoms with Crippen LogP contribution in [0.4, 0.5) is 0 Å². The summed E-state index contributed by atoms with van der Waals surface area (Å²) in [6, 6.07) is 5.64. The summed E-state index contributed by atoms with van der Waals surface area (Å²) in [7, 11) is 1.59. The van der Waals surface area contributed by atoms with Gasteiger partial charge in [-0.3, -0.25) is 4.79 Å². The maximum absolute atomic E-state index is 11.7. The third-order valence-corrected chi connectivity index (χ3v) is 2.61. The minimum Gasteiger partial charge on any atom is -0.496 e. The lowest BCUT2D eigenvalue weighted by Crippen LogP contribution is -2.01. The molecule has 0 spiro atoms. The van der Waals surface area contributed by atoms with Gasteiger partial charge in [0.15, 0.2) is 5.78 Å². The lowest BCUT2D eigenvalue weighted by atomic mass is 10.1. The Morgan fingerprint density at radius 1 is 1.50 bits per heavy atom. The van der Waals surface area contributed by atoms with Gasteiger partial charge in [-0.05, 0) is 47.2 Å². The second-order valence-corrected chi connectivity index (χ2v) is 4.26. The van der Waals surface area contributed by atoms with Gasteiger partial charge in [-0.2, -0.15) is 0 Å². The normalized spacial score (nSPS) is 9.93. The number of ether oxygens (including phenoxy) is 1. The Morgan fingerprint density at radius 2 is 2.21 bits per heavy atom.